The molecule has 0 bridgehead atoms. The number of hydrogen-bond acceptors (Lipinski definition) is 6. The summed E-state index contributed by atoms with van der Waals surface area (Å²) in [7, 11) is -4.29. The first kappa shape index (κ1) is 22.8. The number of ketones is 1. The van der Waals surface area contributed by atoms with E-state index in [1.165, 1.54) is 0 Å². The molecule has 1 atom stereocenters. The van der Waals surface area contributed by atoms with Crippen LogP contribution in [0.2, 0.25) is 0 Å². The predicted octanol–water partition coefficient (Wildman–Crippen LogP) is 0.0497. The summed E-state index contributed by atoms with van der Waals surface area (Å²) in [6, 6.07) is 0. The van der Waals surface area contributed by atoms with Gasteiger partial charge in [0.05, 0.1) is 6.61 Å². The minimum atomic E-state index is -4.29. The van der Waals surface area contributed by atoms with Gasteiger partial charge in [-0.3, -0.25) is 18.8 Å². The van der Waals surface area contributed by atoms with E-state index in [1.807, 2.05) is 12.2 Å². The Morgan fingerprint density at radius 3 is 2.69 bits per heavy atom. The highest BCUT2D eigenvalue weighted by atomic mass is 32.2. The number of nitrogens with zero attached hydrogens (tertiary/aromatic N) is 2. The third kappa shape index (κ3) is 8.39. The number of aliphatic hydroxyl groups is 2. The molecule has 0 fully saturated rings. The number of aliphatic hydroxyl groups excluding tert-OH is 2. The molecule has 8 nitrogen and oxygen atoms in total. The number of Topliss-reactive ketones (excluding diaryl/α,β-unsaturated/α-hetero) is 1. The second kappa shape index (κ2) is 11.4. The lowest BCUT2D eigenvalue weighted by Gasteiger charge is -2.12. The number of hydrogen-bond donors (Lipinski definition) is 3. The van der Waals surface area contributed by atoms with Gasteiger partial charge in [-0.2, -0.15) is 8.42 Å². The van der Waals surface area contributed by atoms with Gasteiger partial charge in [0, 0.05) is 6.42 Å². The van der Waals surface area contributed by atoms with Crippen molar-refractivity contribution >= 4 is 21.7 Å². The molecule has 9 heteroatoms. The molecular weight excluding hydrogens is 360 g/mol. The number of amidine groups is 1. The van der Waals surface area contributed by atoms with Crippen molar-refractivity contribution in [1.29, 1.82) is 0 Å². The van der Waals surface area contributed by atoms with Crippen LogP contribution in [0.3, 0.4) is 0 Å². The average Bonchev–Trinajstić information content (AvgIpc) is 2.91. The third-order valence-corrected chi connectivity index (χ3v) is 4.94. The van der Waals surface area contributed by atoms with Crippen LogP contribution in [-0.4, -0.2) is 88.9 Å². The zero-order chi connectivity index (χ0) is 19.6. The first-order valence-electron chi connectivity index (χ1n) is 9.07. The molecule has 0 radical (unpaired) electrons. The Hall–Kier alpha value is -1.29. The van der Waals surface area contributed by atoms with Gasteiger partial charge in [-0.15, -0.1) is 0 Å². The lowest BCUT2D eigenvalue weighted by atomic mass is 10.1. The summed E-state index contributed by atoms with van der Waals surface area (Å²) in [5.74, 6) is -0.532. The molecule has 0 aliphatic carbocycles. The number of unbranched alkanes of at least 4 members (excludes halogenated alkanes) is 3. The van der Waals surface area contributed by atoms with Crippen LogP contribution in [0.4, 0.5) is 0 Å². The van der Waals surface area contributed by atoms with Crippen LogP contribution in [-0.2, 0) is 14.9 Å². The zero-order valence-corrected chi connectivity index (χ0v) is 16.2. The van der Waals surface area contributed by atoms with Crippen LogP contribution in [0.1, 0.15) is 39.0 Å². The topological polar surface area (TPSA) is 118 Å². The SMILES string of the molecule is CCCCC/C=C/CC(=O)C1=[N+](CC(O)CS(=O)(=O)O)CCN1CCO. The fourth-order valence-electron chi connectivity index (χ4n) is 2.98. The van der Waals surface area contributed by atoms with Gasteiger partial charge in [-0.1, -0.05) is 31.9 Å². The highest BCUT2D eigenvalue weighted by Crippen LogP contribution is 2.08. The molecule has 1 aliphatic heterocycles. The Labute approximate surface area is 155 Å². The summed E-state index contributed by atoms with van der Waals surface area (Å²) in [4.78, 5) is 14.3. The summed E-state index contributed by atoms with van der Waals surface area (Å²) in [5.41, 5.74) is 0. The third-order valence-electron chi connectivity index (χ3n) is 4.14. The molecule has 0 amide bonds. The number of β-amino-alcohol motifs (C(OH)–C–C–N with tert-alkyl or cyclic N) is 2. The summed E-state index contributed by atoms with van der Waals surface area (Å²) in [5, 5.41) is 19.1. The Bertz CT molecular complexity index is 615. The van der Waals surface area contributed by atoms with Crippen molar-refractivity contribution in [1.82, 2.24) is 4.90 Å². The van der Waals surface area contributed by atoms with Gasteiger partial charge in [0.25, 0.3) is 10.1 Å². The summed E-state index contributed by atoms with van der Waals surface area (Å²) in [6.07, 6.45) is 7.03. The summed E-state index contributed by atoms with van der Waals surface area (Å²) in [6.45, 7) is 3.22. The van der Waals surface area contributed by atoms with E-state index in [9.17, 15) is 23.4 Å². The minimum absolute atomic E-state index is 0.0665. The van der Waals surface area contributed by atoms with Crippen molar-refractivity contribution in [2.45, 2.75) is 45.1 Å². The zero-order valence-electron chi connectivity index (χ0n) is 15.4. The van der Waals surface area contributed by atoms with Crippen molar-refractivity contribution < 1.29 is 32.6 Å². The van der Waals surface area contributed by atoms with E-state index in [4.69, 9.17) is 4.55 Å². The van der Waals surface area contributed by atoms with E-state index >= 15 is 0 Å². The van der Waals surface area contributed by atoms with Gasteiger partial charge in [-0.25, -0.2) is 0 Å². The second-order valence-electron chi connectivity index (χ2n) is 6.48. The van der Waals surface area contributed by atoms with Crippen LogP contribution in [0.15, 0.2) is 12.2 Å². The Balaban J connectivity index is 2.77. The van der Waals surface area contributed by atoms with Gasteiger partial charge >= 0.3 is 5.84 Å². The number of carbonyl (C=O) groups is 1. The predicted molar refractivity (Wildman–Crippen MR) is 99.0 cm³/mol. The molecule has 0 spiro atoms. The normalized spacial score (nSPS) is 16.7. The van der Waals surface area contributed by atoms with Gasteiger partial charge in [-0.05, 0) is 12.8 Å². The molecular formula is C17H31N2O6S+. The van der Waals surface area contributed by atoms with Crippen molar-refractivity contribution in [3.05, 3.63) is 12.2 Å². The molecule has 150 valence electrons. The molecule has 0 saturated carbocycles. The molecule has 26 heavy (non-hydrogen) atoms. The molecule has 0 saturated heterocycles. The van der Waals surface area contributed by atoms with E-state index in [1.54, 1.807) is 9.48 Å². The lowest BCUT2D eigenvalue weighted by molar-refractivity contribution is -0.525. The van der Waals surface area contributed by atoms with E-state index < -0.39 is 22.0 Å². The van der Waals surface area contributed by atoms with Crippen LogP contribution in [0, 0.1) is 0 Å². The number of rotatable bonds is 13. The Morgan fingerprint density at radius 2 is 2.08 bits per heavy atom. The van der Waals surface area contributed by atoms with E-state index in [-0.39, 0.29) is 25.4 Å². The van der Waals surface area contributed by atoms with Crippen molar-refractivity contribution in [3.63, 3.8) is 0 Å². The highest BCUT2D eigenvalue weighted by molar-refractivity contribution is 7.85. The molecule has 0 aromatic heterocycles. The monoisotopic (exact) mass is 391 g/mol. The largest absolute Gasteiger partial charge is 0.392 e. The van der Waals surface area contributed by atoms with Gasteiger partial charge in [0.1, 0.15) is 38.0 Å². The number of carbonyl (C=O) groups excluding carboxylic acids is 1. The fraction of sp³-hybridized carbons (Fsp3) is 0.765. The first-order valence-corrected chi connectivity index (χ1v) is 10.7. The second-order valence-corrected chi connectivity index (χ2v) is 7.97. The van der Waals surface area contributed by atoms with E-state index in [0.29, 0.717) is 25.5 Å². The standard InChI is InChI=1S/C17H30N2O6S/c1-2-3-4-5-6-7-8-16(22)17-18(11-12-20)9-10-19(17)13-15(21)14-26(23,24)25/h6-7,15,20-21H,2-5,8-14H2,1H3/p+1/b7-6+. The van der Waals surface area contributed by atoms with Crippen LogP contribution >= 0.6 is 0 Å². The van der Waals surface area contributed by atoms with Crippen LogP contribution in [0.5, 0.6) is 0 Å². The summed E-state index contributed by atoms with van der Waals surface area (Å²) >= 11 is 0. The lowest BCUT2D eigenvalue weighted by Crippen LogP contribution is -2.40. The number of allylic oxidation sites excluding steroid dienone is 2. The van der Waals surface area contributed by atoms with Gasteiger partial charge < -0.3 is 10.2 Å². The van der Waals surface area contributed by atoms with Crippen molar-refractivity contribution in [3.8, 4) is 0 Å². The van der Waals surface area contributed by atoms with Crippen molar-refractivity contribution in [2.24, 2.45) is 0 Å². The smallest absolute Gasteiger partial charge is 0.316 e. The molecule has 1 unspecified atom stereocenters. The van der Waals surface area contributed by atoms with Crippen LogP contribution < -0.4 is 0 Å². The molecule has 1 rings (SSSR count). The van der Waals surface area contributed by atoms with E-state index in [2.05, 4.69) is 6.92 Å². The van der Waals surface area contributed by atoms with Crippen LogP contribution in [0.25, 0.3) is 0 Å². The quantitative estimate of drug-likeness (QED) is 0.176. The summed E-state index contributed by atoms with van der Waals surface area (Å²) < 4.78 is 32.3. The molecule has 1 heterocycles. The maximum Gasteiger partial charge on any atom is 0.316 e. The molecule has 0 aromatic carbocycles. The van der Waals surface area contributed by atoms with Gasteiger partial charge in [0.15, 0.2) is 0 Å². The van der Waals surface area contributed by atoms with Gasteiger partial charge in [0.2, 0.25) is 5.78 Å². The average molecular weight is 392 g/mol. The fourth-order valence-corrected chi connectivity index (χ4v) is 3.58. The Morgan fingerprint density at radius 1 is 1.35 bits per heavy atom. The van der Waals surface area contributed by atoms with Crippen molar-refractivity contribution in [2.75, 3.05) is 38.5 Å². The van der Waals surface area contributed by atoms with E-state index in [0.717, 1.165) is 25.7 Å². The Kier molecular flexibility index (Phi) is 10.0. The molecule has 3 N–H and O–H groups in total. The maximum absolute atomic E-state index is 12.6. The maximum atomic E-state index is 12.6. The minimum Gasteiger partial charge on any atom is -0.392 e. The molecule has 1 aliphatic rings. The first-order chi connectivity index (χ1) is 12.3. The molecule has 0 aromatic rings. The highest BCUT2D eigenvalue weighted by Gasteiger charge is 2.36.